The van der Waals surface area contributed by atoms with E-state index in [1.165, 1.54) is 23.1 Å². The minimum Gasteiger partial charge on any atom is -0.413 e. The van der Waals surface area contributed by atoms with Crippen molar-refractivity contribution in [3.05, 3.63) is 53.4 Å². The van der Waals surface area contributed by atoms with E-state index in [2.05, 4.69) is 0 Å². The van der Waals surface area contributed by atoms with Crippen LogP contribution in [0.15, 0.2) is 24.3 Å². The topological polar surface area (TPSA) is 3.24 Å². The van der Waals surface area contributed by atoms with Crippen LogP contribution in [0.3, 0.4) is 0 Å². The molecule has 1 aromatic carbocycles. The summed E-state index contributed by atoms with van der Waals surface area (Å²) in [5, 5.41) is 0. The predicted octanol–water partition coefficient (Wildman–Crippen LogP) is 2.53. The van der Waals surface area contributed by atoms with Crippen LogP contribution in [0.4, 0.5) is 22.0 Å². The Kier molecular flexibility index (Phi) is 3.64. The van der Waals surface area contributed by atoms with E-state index in [4.69, 9.17) is 0 Å². The first-order valence-corrected chi connectivity index (χ1v) is 5.61. The molecule has 0 spiro atoms. The molecule has 0 fully saturated rings. The van der Waals surface area contributed by atoms with Crippen LogP contribution in [0.25, 0.3) is 0 Å². The van der Waals surface area contributed by atoms with Crippen LogP contribution in [-0.2, 0) is 0 Å². The highest BCUT2D eigenvalue weighted by Gasteiger charge is 2.34. The van der Waals surface area contributed by atoms with Gasteiger partial charge in [-0.25, -0.2) is 22.0 Å². The average Bonchev–Trinajstić information content (AvgIpc) is 2.44. The van der Waals surface area contributed by atoms with Crippen molar-refractivity contribution in [1.29, 1.82) is 0 Å². The first-order valence-electron chi connectivity index (χ1n) is 5.61. The number of nitrogens with zero attached hydrogens (tertiary/aromatic N) is 1. The van der Waals surface area contributed by atoms with E-state index < -0.39 is 41.4 Å². The second-order valence-corrected chi connectivity index (χ2v) is 3.99. The summed E-state index contributed by atoms with van der Waals surface area (Å²) >= 11 is 0. The molecule has 0 saturated carbocycles. The molecular formula is C12H9BF5N. The van der Waals surface area contributed by atoms with Gasteiger partial charge in [0, 0.05) is 12.0 Å². The van der Waals surface area contributed by atoms with Gasteiger partial charge in [-0.3, -0.25) is 0 Å². The maximum atomic E-state index is 13.7. The molecule has 1 heterocycles. The molecule has 0 saturated heterocycles. The Morgan fingerprint density at radius 1 is 0.895 bits per heavy atom. The van der Waals surface area contributed by atoms with Gasteiger partial charge in [-0.05, 0) is 19.2 Å². The molecule has 0 amide bonds. The first-order chi connectivity index (χ1) is 8.99. The highest BCUT2D eigenvalue weighted by Crippen LogP contribution is 2.18. The molecule has 19 heavy (non-hydrogen) atoms. The van der Waals surface area contributed by atoms with Gasteiger partial charge >= 0.3 is 6.85 Å². The maximum absolute atomic E-state index is 13.7. The summed E-state index contributed by atoms with van der Waals surface area (Å²) in [7, 11) is 0. The van der Waals surface area contributed by atoms with Crippen molar-refractivity contribution < 1.29 is 22.0 Å². The molecular weight excluding hydrogens is 264 g/mol. The molecule has 1 aliphatic rings. The van der Waals surface area contributed by atoms with Crippen LogP contribution in [-0.4, -0.2) is 18.2 Å². The van der Waals surface area contributed by atoms with Crippen molar-refractivity contribution in [1.82, 2.24) is 4.81 Å². The standard InChI is InChI=1S/C12H9BF5N/c1-2-19-6-4-3-5-13(19)7-8(14)10(16)12(18)11(17)9(7)15/h3-6H,2H2,1H3. The van der Waals surface area contributed by atoms with Crippen LogP contribution in [0.5, 0.6) is 0 Å². The zero-order valence-electron chi connectivity index (χ0n) is 9.93. The summed E-state index contributed by atoms with van der Waals surface area (Å²) < 4.78 is 66.7. The summed E-state index contributed by atoms with van der Waals surface area (Å²) in [6, 6.07) is 0. The molecule has 0 aromatic heterocycles. The summed E-state index contributed by atoms with van der Waals surface area (Å²) in [6.45, 7) is 1.06. The van der Waals surface area contributed by atoms with Crippen molar-refractivity contribution >= 4 is 12.3 Å². The molecule has 0 atom stereocenters. The second kappa shape index (κ2) is 5.07. The van der Waals surface area contributed by atoms with Gasteiger partial charge in [0.25, 0.3) is 0 Å². The summed E-state index contributed by atoms with van der Waals surface area (Å²) in [6.07, 6.45) is 4.64. The lowest BCUT2D eigenvalue weighted by molar-refractivity contribution is 0.383. The number of halogens is 5. The van der Waals surface area contributed by atoms with Crippen molar-refractivity contribution in [2.45, 2.75) is 6.92 Å². The van der Waals surface area contributed by atoms with Gasteiger partial charge in [-0.2, -0.15) is 0 Å². The van der Waals surface area contributed by atoms with E-state index in [1.54, 1.807) is 13.0 Å². The van der Waals surface area contributed by atoms with Gasteiger partial charge in [0.05, 0.1) is 0 Å². The molecule has 100 valence electrons. The maximum Gasteiger partial charge on any atom is 0.322 e. The third-order valence-electron chi connectivity index (χ3n) is 2.94. The van der Waals surface area contributed by atoms with Crippen LogP contribution in [0.2, 0.25) is 0 Å². The Morgan fingerprint density at radius 2 is 1.42 bits per heavy atom. The lowest BCUT2D eigenvalue weighted by Crippen LogP contribution is -2.49. The molecule has 0 N–H and O–H groups in total. The largest absolute Gasteiger partial charge is 0.413 e. The Labute approximate surface area is 107 Å². The molecule has 1 aromatic rings. The number of benzene rings is 1. The second-order valence-electron chi connectivity index (χ2n) is 3.99. The predicted molar refractivity (Wildman–Crippen MR) is 62.3 cm³/mol. The molecule has 0 unspecified atom stereocenters. The zero-order valence-corrected chi connectivity index (χ0v) is 9.93. The molecule has 0 radical (unpaired) electrons. The minimum absolute atomic E-state index is 0.366. The fourth-order valence-electron chi connectivity index (χ4n) is 1.98. The van der Waals surface area contributed by atoms with E-state index in [1.807, 2.05) is 0 Å². The Balaban J connectivity index is 2.63. The fraction of sp³-hybridized carbons (Fsp3) is 0.167. The van der Waals surface area contributed by atoms with Gasteiger partial charge in [0.15, 0.2) is 29.1 Å². The Morgan fingerprint density at radius 3 is 1.95 bits per heavy atom. The highest BCUT2D eigenvalue weighted by molar-refractivity contribution is 6.75. The Bertz CT molecular complexity index is 541. The molecule has 0 aliphatic carbocycles. The normalized spacial score (nSPS) is 14.4. The summed E-state index contributed by atoms with van der Waals surface area (Å²) in [5.74, 6) is -8.19. The smallest absolute Gasteiger partial charge is 0.322 e. The van der Waals surface area contributed by atoms with Gasteiger partial charge in [-0.1, -0.05) is 12.1 Å². The average molecular weight is 273 g/mol. The van der Waals surface area contributed by atoms with Crippen molar-refractivity contribution in [2.75, 3.05) is 6.54 Å². The molecule has 1 nitrogen and oxygen atoms in total. The minimum atomic E-state index is -2.14. The monoisotopic (exact) mass is 273 g/mol. The molecule has 2 rings (SSSR count). The number of rotatable bonds is 2. The molecule has 7 heteroatoms. The Hall–Kier alpha value is -1.79. The van der Waals surface area contributed by atoms with Crippen LogP contribution < -0.4 is 5.46 Å². The van der Waals surface area contributed by atoms with Crippen molar-refractivity contribution in [3.63, 3.8) is 0 Å². The number of hydrogen-bond donors (Lipinski definition) is 0. The number of hydrogen-bond acceptors (Lipinski definition) is 1. The quantitative estimate of drug-likeness (QED) is 0.346. The third-order valence-corrected chi connectivity index (χ3v) is 2.94. The summed E-state index contributed by atoms with van der Waals surface area (Å²) in [4.78, 5) is 1.47. The summed E-state index contributed by atoms with van der Waals surface area (Å²) in [5.41, 5.74) is -0.834. The van der Waals surface area contributed by atoms with Crippen molar-refractivity contribution in [2.24, 2.45) is 0 Å². The van der Waals surface area contributed by atoms with Gasteiger partial charge in [-0.15, -0.1) is 0 Å². The third kappa shape index (κ3) is 2.13. The van der Waals surface area contributed by atoms with E-state index in [0.29, 0.717) is 6.54 Å². The van der Waals surface area contributed by atoms with E-state index in [0.717, 1.165) is 0 Å². The van der Waals surface area contributed by atoms with Gasteiger partial charge in [0.2, 0.25) is 0 Å². The van der Waals surface area contributed by atoms with Crippen LogP contribution in [0, 0.1) is 29.1 Å². The van der Waals surface area contributed by atoms with Crippen molar-refractivity contribution in [3.8, 4) is 0 Å². The zero-order chi connectivity index (χ0) is 14.2. The van der Waals surface area contributed by atoms with Gasteiger partial charge in [0.1, 0.15) is 0 Å². The lowest BCUT2D eigenvalue weighted by atomic mass is 9.53. The van der Waals surface area contributed by atoms with Gasteiger partial charge < -0.3 is 4.81 Å². The van der Waals surface area contributed by atoms with Crippen LogP contribution in [0.1, 0.15) is 6.92 Å². The van der Waals surface area contributed by atoms with E-state index in [9.17, 15) is 22.0 Å². The fourth-order valence-corrected chi connectivity index (χ4v) is 1.98. The SMILES string of the molecule is CCN1C=CC=CB1c1c(F)c(F)c(F)c(F)c1F. The number of allylic oxidation sites excluding steroid dienone is 2. The lowest BCUT2D eigenvalue weighted by Gasteiger charge is -2.27. The molecule has 0 bridgehead atoms. The molecule has 1 aliphatic heterocycles. The highest BCUT2D eigenvalue weighted by atomic mass is 19.2. The van der Waals surface area contributed by atoms with E-state index in [-0.39, 0.29) is 0 Å². The van der Waals surface area contributed by atoms with E-state index >= 15 is 0 Å². The first kappa shape index (κ1) is 13.6. The van der Waals surface area contributed by atoms with Crippen LogP contribution >= 0.6 is 0 Å².